The maximum atomic E-state index is 13.0. The number of para-hydroxylation sites is 1. The molecule has 3 aromatic rings. The molecule has 166 valence electrons. The highest BCUT2D eigenvalue weighted by Gasteiger charge is 2.25. The Morgan fingerprint density at radius 3 is 2.50 bits per heavy atom. The second-order valence-corrected chi connectivity index (χ2v) is 9.70. The molecule has 1 aromatic heterocycles. The van der Waals surface area contributed by atoms with Gasteiger partial charge in [-0.2, -0.15) is 0 Å². The summed E-state index contributed by atoms with van der Waals surface area (Å²) in [6.07, 6.45) is 7.38. The summed E-state index contributed by atoms with van der Waals surface area (Å²) in [7, 11) is 0. The van der Waals surface area contributed by atoms with E-state index in [1.165, 1.54) is 32.2 Å². The van der Waals surface area contributed by atoms with Gasteiger partial charge in [0.05, 0.1) is 10.4 Å². The van der Waals surface area contributed by atoms with Gasteiger partial charge < -0.3 is 9.62 Å². The van der Waals surface area contributed by atoms with Crippen LogP contribution in [0.1, 0.15) is 36.0 Å². The zero-order valence-corrected chi connectivity index (χ0v) is 19.2. The molecule has 6 heteroatoms. The summed E-state index contributed by atoms with van der Waals surface area (Å²) in [5.74, 6) is 1.02. The molecule has 2 aromatic carbocycles. The van der Waals surface area contributed by atoms with E-state index >= 15 is 0 Å². The smallest absolute Gasteiger partial charge is 0.253 e. The topological polar surface area (TPSA) is 48.5 Å². The highest BCUT2D eigenvalue weighted by atomic mass is 32.2. The number of piperazine rings is 1. The third-order valence-corrected chi connectivity index (χ3v) is 7.54. The van der Waals surface area contributed by atoms with Crippen LogP contribution in [0.5, 0.6) is 0 Å². The molecule has 2 aliphatic rings. The summed E-state index contributed by atoms with van der Waals surface area (Å²) in [4.78, 5) is 23.1. The van der Waals surface area contributed by atoms with Crippen molar-refractivity contribution in [1.82, 2.24) is 14.8 Å². The Labute approximate surface area is 194 Å². The zero-order chi connectivity index (χ0) is 21.8. The molecule has 5 nitrogen and oxygen atoms in total. The first-order valence-electron chi connectivity index (χ1n) is 11.6. The van der Waals surface area contributed by atoms with Gasteiger partial charge in [-0.1, -0.05) is 31.0 Å². The van der Waals surface area contributed by atoms with Crippen LogP contribution in [-0.2, 0) is 0 Å². The number of aromatic nitrogens is 1. The number of carbonyl (C=O) groups excluding carboxylic acids is 1. The van der Waals surface area contributed by atoms with E-state index in [-0.39, 0.29) is 5.91 Å². The summed E-state index contributed by atoms with van der Waals surface area (Å²) >= 11 is 1.54. The first-order chi connectivity index (χ1) is 15.8. The van der Waals surface area contributed by atoms with Crippen LogP contribution in [0.2, 0.25) is 0 Å². The number of fused-ring (bicyclic) bond motifs is 1. The number of benzene rings is 2. The van der Waals surface area contributed by atoms with E-state index < -0.39 is 0 Å². The lowest BCUT2D eigenvalue weighted by molar-refractivity contribution is 0.0618. The molecular weight excluding hydrogens is 416 g/mol. The molecule has 1 saturated heterocycles. The number of hydrogen-bond acceptors (Lipinski definition) is 5. The summed E-state index contributed by atoms with van der Waals surface area (Å²) < 4.78 is 3.38. The van der Waals surface area contributed by atoms with Gasteiger partial charge >= 0.3 is 0 Å². The summed E-state index contributed by atoms with van der Waals surface area (Å²) in [6.45, 7) is 4.87. The first-order valence-corrected chi connectivity index (χ1v) is 12.5. The van der Waals surface area contributed by atoms with Gasteiger partial charge in [-0.05, 0) is 67.1 Å². The van der Waals surface area contributed by atoms with E-state index in [0.717, 1.165) is 59.1 Å². The molecule has 5 rings (SSSR count). The highest BCUT2D eigenvalue weighted by Crippen LogP contribution is 2.28. The Kier molecular flexibility index (Phi) is 6.60. The zero-order valence-electron chi connectivity index (χ0n) is 18.4. The lowest BCUT2D eigenvalue weighted by Gasteiger charge is -2.36. The standard InChI is InChI=1S/C26H30N4OS/c31-26(30-17-15-29(16-18-30)19-20-5-1-2-6-20)22-10-12-23(13-11-22)28-32-24-9-3-7-21-8-4-14-27-25(21)24/h3-4,7-14,20,28H,1-2,5-6,15-19H2. The fraction of sp³-hybridized carbons (Fsp3) is 0.385. The van der Waals surface area contributed by atoms with Crippen LogP contribution in [-0.4, -0.2) is 53.4 Å². The molecule has 0 radical (unpaired) electrons. The maximum absolute atomic E-state index is 13.0. The molecule has 1 saturated carbocycles. The molecule has 0 spiro atoms. The number of hydrogen-bond donors (Lipinski definition) is 1. The molecule has 1 N–H and O–H groups in total. The SMILES string of the molecule is O=C(c1ccc(NSc2cccc3cccnc23)cc1)N1CCN(CC2CCCC2)CC1. The van der Waals surface area contributed by atoms with Gasteiger partial charge in [0.1, 0.15) is 0 Å². The van der Waals surface area contributed by atoms with Crippen molar-refractivity contribution in [3.8, 4) is 0 Å². The molecule has 32 heavy (non-hydrogen) atoms. The minimum atomic E-state index is 0.142. The van der Waals surface area contributed by atoms with Crippen molar-refractivity contribution >= 4 is 34.4 Å². The predicted molar refractivity (Wildman–Crippen MR) is 132 cm³/mol. The molecule has 2 fully saturated rings. The van der Waals surface area contributed by atoms with Crippen molar-refractivity contribution in [2.24, 2.45) is 5.92 Å². The van der Waals surface area contributed by atoms with E-state index in [9.17, 15) is 4.79 Å². The van der Waals surface area contributed by atoms with E-state index in [2.05, 4.69) is 32.8 Å². The van der Waals surface area contributed by atoms with Gasteiger partial charge in [0.2, 0.25) is 0 Å². The van der Waals surface area contributed by atoms with Crippen molar-refractivity contribution in [3.05, 3.63) is 66.4 Å². The van der Waals surface area contributed by atoms with Gasteiger partial charge in [-0.25, -0.2) is 0 Å². The number of rotatable bonds is 6. The Morgan fingerprint density at radius 2 is 1.72 bits per heavy atom. The van der Waals surface area contributed by atoms with E-state index in [1.807, 2.05) is 47.5 Å². The van der Waals surface area contributed by atoms with Gasteiger partial charge in [-0.15, -0.1) is 0 Å². The van der Waals surface area contributed by atoms with Crippen LogP contribution in [0.3, 0.4) is 0 Å². The minimum Gasteiger partial charge on any atom is -0.336 e. The lowest BCUT2D eigenvalue weighted by Crippen LogP contribution is -2.49. The maximum Gasteiger partial charge on any atom is 0.253 e. The number of anilines is 1. The van der Waals surface area contributed by atoms with E-state index in [0.29, 0.717) is 0 Å². The predicted octanol–water partition coefficient (Wildman–Crippen LogP) is 5.30. The van der Waals surface area contributed by atoms with Crippen molar-refractivity contribution in [2.45, 2.75) is 30.6 Å². The molecule has 2 heterocycles. The number of nitrogens with zero attached hydrogens (tertiary/aromatic N) is 3. The minimum absolute atomic E-state index is 0.142. The molecular formula is C26H30N4OS. The van der Waals surface area contributed by atoms with Crippen LogP contribution < -0.4 is 4.72 Å². The van der Waals surface area contributed by atoms with Crippen molar-refractivity contribution in [2.75, 3.05) is 37.4 Å². The van der Waals surface area contributed by atoms with Gasteiger partial charge in [-0.3, -0.25) is 14.7 Å². The Balaban J connectivity index is 1.14. The fourth-order valence-electron chi connectivity index (χ4n) is 4.83. The molecule has 0 unspecified atom stereocenters. The number of amides is 1. The highest BCUT2D eigenvalue weighted by molar-refractivity contribution is 8.00. The van der Waals surface area contributed by atoms with Crippen LogP contribution in [0, 0.1) is 5.92 Å². The van der Waals surface area contributed by atoms with Crippen LogP contribution in [0.25, 0.3) is 10.9 Å². The third kappa shape index (κ3) is 4.92. The van der Waals surface area contributed by atoms with Gasteiger partial charge in [0.25, 0.3) is 5.91 Å². The molecule has 1 aliphatic heterocycles. The fourth-order valence-corrected chi connectivity index (χ4v) is 5.61. The number of pyridine rings is 1. The Hall–Kier alpha value is -2.57. The van der Waals surface area contributed by atoms with Gasteiger partial charge in [0.15, 0.2) is 0 Å². The monoisotopic (exact) mass is 446 g/mol. The Bertz CT molecular complexity index is 1050. The molecule has 1 aliphatic carbocycles. The summed E-state index contributed by atoms with van der Waals surface area (Å²) in [5, 5.41) is 1.13. The van der Waals surface area contributed by atoms with Crippen LogP contribution in [0.4, 0.5) is 5.69 Å². The molecule has 1 amide bonds. The van der Waals surface area contributed by atoms with Crippen LogP contribution in [0.15, 0.2) is 65.7 Å². The van der Waals surface area contributed by atoms with Crippen molar-refractivity contribution in [1.29, 1.82) is 0 Å². The number of carbonyl (C=O) groups is 1. The quantitative estimate of drug-likeness (QED) is 0.521. The molecule has 0 bridgehead atoms. The largest absolute Gasteiger partial charge is 0.336 e. The first kappa shape index (κ1) is 21.3. The lowest BCUT2D eigenvalue weighted by atomic mass is 10.1. The average Bonchev–Trinajstić information content (AvgIpc) is 3.36. The van der Waals surface area contributed by atoms with Crippen molar-refractivity contribution < 1.29 is 4.79 Å². The molecule has 0 atom stereocenters. The number of nitrogens with one attached hydrogen (secondary N) is 1. The normalized spacial score (nSPS) is 17.7. The summed E-state index contributed by atoms with van der Waals surface area (Å²) in [6, 6.07) is 18.0. The second-order valence-electron chi connectivity index (χ2n) is 8.86. The van der Waals surface area contributed by atoms with Gasteiger partial charge in [0, 0.05) is 55.6 Å². The Morgan fingerprint density at radius 1 is 0.969 bits per heavy atom. The third-order valence-electron chi connectivity index (χ3n) is 6.66. The summed E-state index contributed by atoms with van der Waals surface area (Å²) in [5.41, 5.74) is 2.73. The van der Waals surface area contributed by atoms with E-state index in [1.54, 1.807) is 11.9 Å². The second kappa shape index (κ2) is 9.92. The van der Waals surface area contributed by atoms with Crippen LogP contribution >= 0.6 is 11.9 Å². The average molecular weight is 447 g/mol. The van der Waals surface area contributed by atoms with Crippen molar-refractivity contribution in [3.63, 3.8) is 0 Å². The van der Waals surface area contributed by atoms with E-state index in [4.69, 9.17) is 0 Å².